The Hall–Kier alpha value is -2.56. The summed E-state index contributed by atoms with van der Waals surface area (Å²) >= 11 is 0. The summed E-state index contributed by atoms with van der Waals surface area (Å²) < 4.78 is 7.44. The van der Waals surface area contributed by atoms with E-state index in [1.54, 1.807) is 18.3 Å². The number of aromatic nitrogens is 2. The normalized spacial score (nSPS) is 13.4. The molecule has 0 unspecified atom stereocenters. The van der Waals surface area contributed by atoms with Crippen molar-refractivity contribution >= 4 is 11.7 Å². The zero-order chi connectivity index (χ0) is 15.9. The van der Waals surface area contributed by atoms with Crippen LogP contribution in [0.5, 0.6) is 0 Å². The van der Waals surface area contributed by atoms with Gasteiger partial charge in [0.1, 0.15) is 17.8 Å². The summed E-state index contributed by atoms with van der Waals surface area (Å²) in [5.74, 6) is 0.544. The molecule has 1 aliphatic heterocycles. The van der Waals surface area contributed by atoms with Crippen LogP contribution in [0, 0.1) is 6.92 Å². The third-order valence-corrected chi connectivity index (χ3v) is 3.82. The van der Waals surface area contributed by atoms with Gasteiger partial charge in [-0.25, -0.2) is 4.98 Å². The van der Waals surface area contributed by atoms with E-state index in [0.29, 0.717) is 30.2 Å². The molecule has 0 N–H and O–H groups in total. The van der Waals surface area contributed by atoms with Crippen molar-refractivity contribution in [2.24, 2.45) is 0 Å². The van der Waals surface area contributed by atoms with Gasteiger partial charge in [-0.2, -0.15) is 0 Å². The SMILES string of the molecule is C=C(OCC)c1ncn2c1CN(C)C(=O)c1cc(C)ccc1-2. The molecule has 114 valence electrons. The Morgan fingerprint density at radius 2 is 2.23 bits per heavy atom. The van der Waals surface area contributed by atoms with Gasteiger partial charge in [0.25, 0.3) is 5.91 Å². The van der Waals surface area contributed by atoms with E-state index in [1.165, 1.54) is 0 Å². The largest absolute Gasteiger partial charge is 0.492 e. The van der Waals surface area contributed by atoms with Crippen molar-refractivity contribution in [2.45, 2.75) is 20.4 Å². The maximum atomic E-state index is 12.6. The van der Waals surface area contributed by atoms with Gasteiger partial charge in [0, 0.05) is 7.05 Å². The quantitative estimate of drug-likeness (QED) is 0.818. The summed E-state index contributed by atoms with van der Waals surface area (Å²) in [6.45, 7) is 8.83. The highest BCUT2D eigenvalue weighted by Crippen LogP contribution is 2.28. The van der Waals surface area contributed by atoms with E-state index in [0.717, 1.165) is 16.9 Å². The second kappa shape index (κ2) is 5.33. The third-order valence-electron chi connectivity index (χ3n) is 3.82. The molecule has 0 saturated heterocycles. The fraction of sp³-hybridized carbons (Fsp3) is 0.294. The van der Waals surface area contributed by atoms with Gasteiger partial charge in [-0.15, -0.1) is 0 Å². The standard InChI is InChI=1S/C17H19N3O2/c1-5-22-12(3)16-15-9-19(4)17(21)13-8-11(2)6-7-14(13)20(15)10-18-16/h6-8,10H,3,5,9H2,1-2,4H3. The Kier molecular flexibility index (Phi) is 3.48. The summed E-state index contributed by atoms with van der Waals surface area (Å²) in [4.78, 5) is 18.7. The van der Waals surface area contributed by atoms with Crippen LogP contribution in [0.3, 0.4) is 0 Å². The molecule has 1 aromatic heterocycles. The zero-order valence-corrected chi connectivity index (χ0v) is 13.1. The van der Waals surface area contributed by atoms with Crippen LogP contribution in [0.2, 0.25) is 0 Å². The number of benzene rings is 1. The summed E-state index contributed by atoms with van der Waals surface area (Å²) in [6.07, 6.45) is 1.73. The molecule has 1 aromatic carbocycles. The van der Waals surface area contributed by atoms with Crippen molar-refractivity contribution in [3.05, 3.63) is 53.6 Å². The van der Waals surface area contributed by atoms with Gasteiger partial charge in [0.05, 0.1) is 30.1 Å². The van der Waals surface area contributed by atoms with Crippen molar-refractivity contribution in [1.82, 2.24) is 14.5 Å². The average Bonchev–Trinajstić information content (AvgIpc) is 2.86. The molecule has 5 nitrogen and oxygen atoms in total. The van der Waals surface area contributed by atoms with Gasteiger partial charge < -0.3 is 9.64 Å². The van der Waals surface area contributed by atoms with E-state index in [-0.39, 0.29) is 5.91 Å². The van der Waals surface area contributed by atoms with Crippen LogP contribution in [0.15, 0.2) is 31.1 Å². The van der Waals surface area contributed by atoms with E-state index < -0.39 is 0 Å². The molecular formula is C17H19N3O2. The van der Waals surface area contributed by atoms with Gasteiger partial charge in [-0.1, -0.05) is 18.2 Å². The first kappa shape index (κ1) is 14.4. The molecule has 0 radical (unpaired) electrons. The van der Waals surface area contributed by atoms with E-state index in [9.17, 15) is 4.79 Å². The van der Waals surface area contributed by atoms with Gasteiger partial charge in [-0.05, 0) is 26.0 Å². The molecule has 2 aromatic rings. The minimum atomic E-state index is 0.00960. The second-order valence-corrected chi connectivity index (χ2v) is 5.45. The molecule has 0 spiro atoms. The molecule has 22 heavy (non-hydrogen) atoms. The topological polar surface area (TPSA) is 47.4 Å². The van der Waals surface area contributed by atoms with Crippen LogP contribution in [0.4, 0.5) is 0 Å². The fourth-order valence-corrected chi connectivity index (χ4v) is 2.74. The summed E-state index contributed by atoms with van der Waals surface area (Å²) in [7, 11) is 1.80. The van der Waals surface area contributed by atoms with Crippen molar-refractivity contribution in [3.63, 3.8) is 0 Å². The summed E-state index contributed by atoms with van der Waals surface area (Å²) in [5.41, 5.74) is 4.21. The Balaban J connectivity index is 2.20. The number of nitrogens with zero attached hydrogens (tertiary/aromatic N) is 3. The Morgan fingerprint density at radius 1 is 1.45 bits per heavy atom. The molecule has 0 bridgehead atoms. The summed E-state index contributed by atoms with van der Waals surface area (Å²) in [5, 5.41) is 0. The van der Waals surface area contributed by atoms with Crippen molar-refractivity contribution in [3.8, 4) is 5.69 Å². The fourth-order valence-electron chi connectivity index (χ4n) is 2.74. The second-order valence-electron chi connectivity index (χ2n) is 5.45. The highest BCUT2D eigenvalue weighted by molar-refractivity contribution is 5.98. The monoisotopic (exact) mass is 297 g/mol. The third kappa shape index (κ3) is 2.19. The van der Waals surface area contributed by atoms with Crippen LogP contribution in [-0.4, -0.2) is 34.0 Å². The van der Waals surface area contributed by atoms with Crippen LogP contribution >= 0.6 is 0 Å². The van der Waals surface area contributed by atoms with Crippen molar-refractivity contribution in [1.29, 1.82) is 0 Å². The number of carbonyl (C=O) groups is 1. The average molecular weight is 297 g/mol. The molecule has 1 aliphatic rings. The maximum absolute atomic E-state index is 12.6. The van der Waals surface area contributed by atoms with E-state index in [1.807, 2.05) is 36.6 Å². The first-order valence-corrected chi connectivity index (χ1v) is 7.27. The minimum absolute atomic E-state index is 0.00960. The lowest BCUT2D eigenvalue weighted by Crippen LogP contribution is -2.25. The lowest BCUT2D eigenvalue weighted by molar-refractivity contribution is 0.0787. The number of rotatable bonds is 3. The highest BCUT2D eigenvalue weighted by atomic mass is 16.5. The minimum Gasteiger partial charge on any atom is -0.492 e. The van der Waals surface area contributed by atoms with Gasteiger partial charge >= 0.3 is 0 Å². The highest BCUT2D eigenvalue weighted by Gasteiger charge is 2.27. The molecular weight excluding hydrogens is 278 g/mol. The Bertz CT molecular complexity index is 761. The molecule has 2 heterocycles. The molecule has 0 saturated carbocycles. The van der Waals surface area contributed by atoms with Gasteiger partial charge in [0.15, 0.2) is 0 Å². The maximum Gasteiger partial charge on any atom is 0.256 e. The van der Waals surface area contributed by atoms with Crippen LogP contribution in [0.25, 0.3) is 11.4 Å². The lowest BCUT2D eigenvalue weighted by atomic mass is 10.1. The van der Waals surface area contributed by atoms with Crippen molar-refractivity contribution in [2.75, 3.05) is 13.7 Å². The molecule has 5 heteroatoms. The number of ether oxygens (including phenoxy) is 1. The first-order valence-electron chi connectivity index (χ1n) is 7.27. The van der Waals surface area contributed by atoms with Crippen LogP contribution in [0.1, 0.15) is 34.2 Å². The van der Waals surface area contributed by atoms with E-state index in [2.05, 4.69) is 11.6 Å². The molecule has 0 aliphatic carbocycles. The molecule has 3 rings (SSSR count). The number of hydrogen-bond donors (Lipinski definition) is 0. The number of amides is 1. The molecule has 0 atom stereocenters. The smallest absolute Gasteiger partial charge is 0.256 e. The zero-order valence-electron chi connectivity index (χ0n) is 13.1. The van der Waals surface area contributed by atoms with Crippen LogP contribution in [-0.2, 0) is 11.3 Å². The van der Waals surface area contributed by atoms with Crippen molar-refractivity contribution < 1.29 is 9.53 Å². The predicted octanol–water partition coefficient (Wildman–Crippen LogP) is 2.77. The predicted molar refractivity (Wildman–Crippen MR) is 84.8 cm³/mol. The molecule has 0 fully saturated rings. The number of aryl methyl sites for hydroxylation is 1. The first-order chi connectivity index (χ1) is 10.5. The van der Waals surface area contributed by atoms with E-state index in [4.69, 9.17) is 4.74 Å². The van der Waals surface area contributed by atoms with Gasteiger partial charge in [0.2, 0.25) is 0 Å². The Morgan fingerprint density at radius 3 is 2.95 bits per heavy atom. The Labute approximate surface area is 129 Å². The van der Waals surface area contributed by atoms with Crippen LogP contribution < -0.4 is 0 Å². The number of imidazole rings is 1. The number of carbonyl (C=O) groups excluding carboxylic acids is 1. The number of hydrogen-bond acceptors (Lipinski definition) is 3. The number of fused-ring (bicyclic) bond motifs is 3. The van der Waals surface area contributed by atoms with E-state index >= 15 is 0 Å². The molecule has 1 amide bonds. The summed E-state index contributed by atoms with van der Waals surface area (Å²) in [6, 6.07) is 5.87. The van der Waals surface area contributed by atoms with Gasteiger partial charge in [-0.3, -0.25) is 9.36 Å². The lowest BCUT2D eigenvalue weighted by Gasteiger charge is -2.15.